The molecule has 1 atom stereocenters. The van der Waals surface area contributed by atoms with Gasteiger partial charge in [0.15, 0.2) is 0 Å². The van der Waals surface area contributed by atoms with Crippen molar-refractivity contribution >= 4 is 28.2 Å². The van der Waals surface area contributed by atoms with Gasteiger partial charge in [-0.15, -0.1) is 10.2 Å². The van der Waals surface area contributed by atoms with Crippen molar-refractivity contribution < 1.29 is 4.79 Å². The van der Waals surface area contributed by atoms with Gasteiger partial charge in [0, 0.05) is 23.7 Å². The second kappa shape index (κ2) is 8.75. The molecule has 166 valence electrons. The number of fused-ring (bicyclic) bond motifs is 1. The Labute approximate surface area is 197 Å². The van der Waals surface area contributed by atoms with Crippen LogP contribution in [0.1, 0.15) is 30.9 Å². The average molecular weight is 456 g/mol. The fourth-order valence-electron chi connectivity index (χ4n) is 4.56. The number of amidine groups is 1. The summed E-state index contributed by atoms with van der Waals surface area (Å²) in [4.78, 5) is 20.5. The molecule has 0 saturated carbocycles. The highest BCUT2D eigenvalue weighted by molar-refractivity contribution is 7.13. The third kappa shape index (κ3) is 4.12. The van der Waals surface area contributed by atoms with E-state index in [0.29, 0.717) is 11.7 Å². The monoisotopic (exact) mass is 455 g/mol. The lowest BCUT2D eigenvalue weighted by molar-refractivity contribution is -0.124. The zero-order valence-electron chi connectivity index (χ0n) is 18.6. The first kappa shape index (κ1) is 21.3. The molecule has 2 aromatic carbocycles. The lowest BCUT2D eigenvalue weighted by Crippen LogP contribution is -2.38. The molecule has 1 N–H and O–H groups in total. The number of hydrogen-bond donors (Lipinski definition) is 1. The van der Waals surface area contributed by atoms with Gasteiger partial charge in [0.2, 0.25) is 11.0 Å². The van der Waals surface area contributed by atoms with Crippen LogP contribution < -0.4 is 5.32 Å². The van der Waals surface area contributed by atoms with E-state index in [4.69, 9.17) is 4.99 Å². The number of allylic oxidation sites excluding steroid dienone is 2. The molecule has 0 saturated heterocycles. The highest BCUT2D eigenvalue weighted by Gasteiger charge is 2.41. The third-order valence-corrected chi connectivity index (χ3v) is 6.83. The van der Waals surface area contributed by atoms with Gasteiger partial charge in [-0.25, -0.2) is 0 Å². The van der Waals surface area contributed by atoms with E-state index in [1.165, 1.54) is 11.3 Å². The van der Waals surface area contributed by atoms with Crippen LogP contribution in [0.2, 0.25) is 0 Å². The second-order valence-corrected chi connectivity index (χ2v) is 9.55. The number of aromatic nitrogens is 2. The molecule has 0 fully saturated rings. The van der Waals surface area contributed by atoms with Crippen LogP contribution in [0.4, 0.5) is 5.13 Å². The van der Waals surface area contributed by atoms with Crippen LogP contribution in [0.5, 0.6) is 0 Å². The molecule has 6 nitrogen and oxygen atoms in total. The third-order valence-electron chi connectivity index (χ3n) is 6.22. The van der Waals surface area contributed by atoms with E-state index < -0.39 is 5.41 Å². The van der Waals surface area contributed by atoms with Crippen LogP contribution in [-0.2, 0) is 4.79 Å². The maximum Gasteiger partial charge on any atom is 0.232 e. The minimum Gasteiger partial charge on any atom is -0.324 e. The Kier molecular flexibility index (Phi) is 5.64. The van der Waals surface area contributed by atoms with Gasteiger partial charge in [-0.2, -0.15) is 0 Å². The summed E-state index contributed by atoms with van der Waals surface area (Å²) < 4.78 is 0. The highest BCUT2D eigenvalue weighted by atomic mass is 32.1. The number of nitrogens with zero attached hydrogens (tertiary/aromatic N) is 4. The zero-order chi connectivity index (χ0) is 22.8. The summed E-state index contributed by atoms with van der Waals surface area (Å²) in [6, 6.07) is 20.5. The van der Waals surface area contributed by atoms with Crippen LogP contribution in [0.15, 0.2) is 94.6 Å². The number of aliphatic imine (C=N–C) groups is 1. The van der Waals surface area contributed by atoms with Gasteiger partial charge in [-0.1, -0.05) is 91.9 Å². The van der Waals surface area contributed by atoms with Crippen molar-refractivity contribution in [2.75, 3.05) is 18.4 Å². The maximum atomic E-state index is 13.4. The topological polar surface area (TPSA) is 70.5 Å². The van der Waals surface area contributed by atoms with Gasteiger partial charge >= 0.3 is 0 Å². The van der Waals surface area contributed by atoms with Gasteiger partial charge in [0.25, 0.3) is 0 Å². The Morgan fingerprint density at radius 3 is 2.52 bits per heavy atom. The molecule has 3 aromatic rings. The van der Waals surface area contributed by atoms with Gasteiger partial charge in [-0.3, -0.25) is 9.79 Å². The minimum absolute atomic E-state index is 0.0810. The van der Waals surface area contributed by atoms with Crippen LogP contribution in [-0.4, -0.2) is 39.9 Å². The molecule has 0 spiro atoms. The molecular weight excluding hydrogens is 430 g/mol. The molecule has 1 amide bonds. The largest absolute Gasteiger partial charge is 0.324 e. The Balaban J connectivity index is 1.46. The molecular formula is C26H25N5OS. The fourth-order valence-corrected chi connectivity index (χ4v) is 5.00. The van der Waals surface area contributed by atoms with Crippen LogP contribution in [0.25, 0.3) is 0 Å². The molecule has 2 aliphatic heterocycles. The smallest absolute Gasteiger partial charge is 0.232 e. The van der Waals surface area contributed by atoms with Crippen molar-refractivity contribution in [3.8, 4) is 0 Å². The Hall–Kier alpha value is -3.58. The van der Waals surface area contributed by atoms with Crippen molar-refractivity contribution in [2.45, 2.75) is 19.8 Å². The minimum atomic E-state index is -0.722. The van der Waals surface area contributed by atoms with Gasteiger partial charge in [0.05, 0.1) is 12.0 Å². The molecule has 3 heterocycles. The van der Waals surface area contributed by atoms with Crippen molar-refractivity contribution in [1.29, 1.82) is 0 Å². The van der Waals surface area contributed by atoms with Crippen molar-refractivity contribution in [3.05, 3.63) is 101 Å². The van der Waals surface area contributed by atoms with E-state index >= 15 is 0 Å². The Bertz CT molecular complexity index is 1230. The lowest BCUT2D eigenvalue weighted by Gasteiger charge is -2.36. The molecule has 2 aliphatic rings. The highest BCUT2D eigenvalue weighted by Crippen LogP contribution is 2.44. The molecule has 0 bridgehead atoms. The number of carbonyl (C=O) groups excluding carboxylic acids is 1. The van der Waals surface area contributed by atoms with Gasteiger partial charge in [-0.05, 0) is 17.2 Å². The van der Waals surface area contributed by atoms with Crippen LogP contribution in [0.3, 0.4) is 0 Å². The second-order valence-electron chi connectivity index (χ2n) is 8.72. The molecule has 5 rings (SSSR count). The standard InChI is InChI=1S/C26H25N5OS/c1-26(2,24(32)29-25-30-28-17-33-25)22(18-9-5-3-6-10-18)20-13-14-31-21(15-20)16-27-23(31)19-11-7-4-8-12-19/h3-13,15,17,22H,14,16H2,1-2H3,(H,29,30,32). The molecule has 1 unspecified atom stereocenters. The maximum absolute atomic E-state index is 13.4. The van der Waals surface area contributed by atoms with E-state index in [0.717, 1.165) is 34.8 Å². The van der Waals surface area contributed by atoms with E-state index in [1.54, 1.807) is 5.51 Å². The molecule has 0 aliphatic carbocycles. The van der Waals surface area contributed by atoms with E-state index in [1.807, 2.05) is 50.2 Å². The zero-order valence-corrected chi connectivity index (χ0v) is 19.4. The van der Waals surface area contributed by atoms with Crippen molar-refractivity contribution in [2.24, 2.45) is 10.4 Å². The predicted molar refractivity (Wildman–Crippen MR) is 132 cm³/mol. The first-order chi connectivity index (χ1) is 16.0. The molecule has 7 heteroatoms. The quantitative estimate of drug-likeness (QED) is 0.576. The van der Waals surface area contributed by atoms with Crippen LogP contribution >= 0.6 is 11.3 Å². The number of anilines is 1. The number of benzene rings is 2. The first-order valence-electron chi connectivity index (χ1n) is 10.9. The summed E-state index contributed by atoms with van der Waals surface area (Å²) in [7, 11) is 0. The predicted octanol–water partition coefficient (Wildman–Crippen LogP) is 4.87. The fraction of sp³-hybridized carbons (Fsp3) is 0.231. The molecule has 33 heavy (non-hydrogen) atoms. The lowest BCUT2D eigenvalue weighted by atomic mass is 9.69. The van der Waals surface area contributed by atoms with Crippen LogP contribution in [0, 0.1) is 5.41 Å². The number of hydrogen-bond acceptors (Lipinski definition) is 6. The summed E-state index contributed by atoms with van der Waals surface area (Å²) >= 11 is 1.32. The Morgan fingerprint density at radius 2 is 1.82 bits per heavy atom. The van der Waals surface area contributed by atoms with E-state index in [2.05, 4.69) is 56.8 Å². The summed E-state index contributed by atoms with van der Waals surface area (Å²) in [6.45, 7) is 5.35. The van der Waals surface area contributed by atoms with Crippen molar-refractivity contribution in [1.82, 2.24) is 15.1 Å². The Morgan fingerprint density at radius 1 is 1.09 bits per heavy atom. The molecule has 0 radical (unpaired) electrons. The number of nitrogens with one attached hydrogen (secondary N) is 1. The van der Waals surface area contributed by atoms with Gasteiger partial charge in [0.1, 0.15) is 11.3 Å². The number of carbonyl (C=O) groups is 1. The average Bonchev–Trinajstić information content (AvgIpc) is 3.50. The SMILES string of the molecule is CC(C)(C(=O)Nc1nncs1)C(C1=CCN2C(=C1)CN=C2c1ccccc1)c1ccccc1. The first-order valence-corrected chi connectivity index (χ1v) is 11.8. The van der Waals surface area contributed by atoms with Crippen molar-refractivity contribution in [3.63, 3.8) is 0 Å². The number of amides is 1. The van der Waals surface area contributed by atoms with Gasteiger partial charge < -0.3 is 10.2 Å². The van der Waals surface area contributed by atoms with E-state index in [-0.39, 0.29) is 11.8 Å². The summed E-state index contributed by atoms with van der Waals surface area (Å²) in [5.74, 6) is 0.797. The summed E-state index contributed by atoms with van der Waals surface area (Å²) in [5.41, 5.74) is 5.41. The number of rotatable bonds is 6. The molecule has 1 aromatic heterocycles. The summed E-state index contributed by atoms with van der Waals surface area (Å²) in [5, 5.41) is 11.3. The summed E-state index contributed by atoms with van der Waals surface area (Å²) in [6.07, 6.45) is 4.44. The normalized spacial score (nSPS) is 16.4. The van der Waals surface area contributed by atoms with E-state index in [9.17, 15) is 4.79 Å².